The number of rotatable bonds is 6. The summed E-state index contributed by atoms with van der Waals surface area (Å²) in [5.41, 5.74) is 7.15. The Bertz CT molecular complexity index is 881. The van der Waals surface area contributed by atoms with E-state index in [1.54, 1.807) is 0 Å². The number of piperazine rings is 1. The van der Waals surface area contributed by atoms with Gasteiger partial charge < -0.3 is 20.9 Å². The number of carbonyl (C=O) groups is 1. The number of hydrogen-bond acceptors (Lipinski definition) is 6. The van der Waals surface area contributed by atoms with Gasteiger partial charge in [-0.2, -0.15) is 4.98 Å². The Morgan fingerprint density at radius 1 is 1.09 bits per heavy atom. The van der Waals surface area contributed by atoms with Crippen LogP contribution >= 0.6 is 11.6 Å². The van der Waals surface area contributed by atoms with Crippen LogP contribution in [0.5, 0.6) is 0 Å². The van der Waals surface area contributed by atoms with Gasteiger partial charge in [0.1, 0.15) is 10.8 Å². The first kappa shape index (κ1) is 22.6. The molecule has 0 spiro atoms. The van der Waals surface area contributed by atoms with Crippen LogP contribution in [-0.2, 0) is 6.54 Å². The van der Waals surface area contributed by atoms with Crippen molar-refractivity contribution >= 4 is 29.4 Å². The molecule has 2 aromatic rings. The number of piperidine rings is 1. The fourth-order valence-electron chi connectivity index (χ4n) is 4.40. The van der Waals surface area contributed by atoms with Crippen molar-refractivity contribution in [3.8, 4) is 0 Å². The Labute approximate surface area is 194 Å². The topological polar surface area (TPSA) is 90.6 Å². The lowest BCUT2D eigenvalue weighted by atomic mass is 9.93. The lowest BCUT2D eigenvalue weighted by Crippen LogP contribution is -2.52. The average Bonchev–Trinajstić information content (AvgIpc) is 2.83. The Balaban J connectivity index is 1.12. The minimum absolute atomic E-state index is 0.0164. The monoisotopic (exact) mass is 457 g/mol. The van der Waals surface area contributed by atoms with Crippen molar-refractivity contribution in [3.05, 3.63) is 47.1 Å². The molecule has 2 aliphatic rings. The number of aromatic nitrogens is 2. The number of nitrogens with two attached hydrogens (primary N) is 1. The summed E-state index contributed by atoms with van der Waals surface area (Å²) in [6, 6.07) is 10.7. The van der Waals surface area contributed by atoms with Crippen molar-refractivity contribution in [2.45, 2.75) is 25.8 Å². The molecular formula is C23H32ClN7O. The Hall–Kier alpha value is -2.58. The molecule has 2 fully saturated rings. The lowest BCUT2D eigenvalue weighted by Gasteiger charge is -2.35. The summed E-state index contributed by atoms with van der Waals surface area (Å²) in [6.45, 7) is 6.65. The molecule has 3 heterocycles. The summed E-state index contributed by atoms with van der Waals surface area (Å²) in [5.74, 6) is 1.53. The summed E-state index contributed by atoms with van der Waals surface area (Å²) in [6.07, 6.45) is 4.96. The van der Waals surface area contributed by atoms with Crippen LogP contribution in [0.4, 0.5) is 16.6 Å². The van der Waals surface area contributed by atoms with Crippen LogP contribution < -0.4 is 16.0 Å². The number of nitrogens with zero attached hydrogens (tertiary/aromatic N) is 5. The Kier molecular flexibility index (Phi) is 7.65. The van der Waals surface area contributed by atoms with E-state index < -0.39 is 0 Å². The maximum Gasteiger partial charge on any atom is 0.317 e. The number of hydrogen-bond donors (Lipinski definition) is 2. The molecule has 32 heavy (non-hydrogen) atoms. The second kappa shape index (κ2) is 10.8. The van der Waals surface area contributed by atoms with Crippen molar-refractivity contribution in [3.63, 3.8) is 0 Å². The SMILES string of the molecule is Nc1nc(N2CCN(C(=O)NCCC3CCN(Cc4ccccc4)CC3)CC2)ncc1Cl. The molecule has 0 atom stereocenters. The van der Waals surface area contributed by atoms with Gasteiger partial charge in [-0.15, -0.1) is 0 Å². The maximum atomic E-state index is 12.6. The fourth-order valence-corrected chi connectivity index (χ4v) is 4.49. The third-order valence-corrected chi connectivity index (χ3v) is 6.68. The van der Waals surface area contributed by atoms with Crippen LogP contribution in [0.3, 0.4) is 0 Å². The molecule has 0 aliphatic carbocycles. The molecule has 0 saturated carbocycles. The highest BCUT2D eigenvalue weighted by Crippen LogP contribution is 2.22. The van der Waals surface area contributed by atoms with E-state index in [-0.39, 0.29) is 11.8 Å². The van der Waals surface area contributed by atoms with E-state index in [0.717, 1.165) is 32.6 Å². The first-order valence-electron chi connectivity index (χ1n) is 11.4. The number of urea groups is 1. The minimum atomic E-state index is 0.0164. The third-order valence-electron chi connectivity index (χ3n) is 6.39. The summed E-state index contributed by atoms with van der Waals surface area (Å²) < 4.78 is 0. The molecule has 0 bridgehead atoms. The number of benzene rings is 1. The zero-order valence-electron chi connectivity index (χ0n) is 18.4. The van der Waals surface area contributed by atoms with E-state index in [2.05, 4.69) is 50.5 Å². The van der Waals surface area contributed by atoms with Crippen LogP contribution in [0.25, 0.3) is 0 Å². The van der Waals surface area contributed by atoms with Crippen LogP contribution in [0, 0.1) is 5.92 Å². The second-order valence-electron chi connectivity index (χ2n) is 8.60. The lowest BCUT2D eigenvalue weighted by molar-refractivity contribution is 0.169. The fraction of sp³-hybridized carbons (Fsp3) is 0.522. The number of anilines is 2. The molecule has 2 saturated heterocycles. The largest absolute Gasteiger partial charge is 0.382 e. The zero-order chi connectivity index (χ0) is 22.3. The number of nitrogen functional groups attached to an aromatic ring is 1. The maximum absolute atomic E-state index is 12.6. The highest BCUT2D eigenvalue weighted by atomic mass is 35.5. The molecule has 0 radical (unpaired) electrons. The smallest absolute Gasteiger partial charge is 0.317 e. The standard InChI is InChI=1S/C23H32ClN7O/c24-20-16-27-22(28-21(20)25)30-12-14-31(15-13-30)23(32)26-9-6-18-7-10-29(11-8-18)17-19-4-2-1-3-5-19/h1-5,16,18H,6-15,17H2,(H,26,32)(H2,25,27,28). The van der Waals surface area contributed by atoms with Gasteiger partial charge in [0.15, 0.2) is 0 Å². The van der Waals surface area contributed by atoms with Crippen LogP contribution in [0.2, 0.25) is 5.02 Å². The molecule has 8 nitrogen and oxygen atoms in total. The summed E-state index contributed by atoms with van der Waals surface area (Å²) in [4.78, 5) is 27.5. The van der Waals surface area contributed by atoms with Crippen LogP contribution in [-0.4, -0.2) is 71.6 Å². The molecule has 2 amide bonds. The second-order valence-corrected chi connectivity index (χ2v) is 9.01. The minimum Gasteiger partial charge on any atom is -0.382 e. The van der Waals surface area contributed by atoms with E-state index in [1.807, 2.05) is 9.80 Å². The summed E-state index contributed by atoms with van der Waals surface area (Å²) >= 11 is 5.90. The normalized spacial score (nSPS) is 18.0. The predicted octanol–water partition coefficient (Wildman–Crippen LogP) is 2.85. The highest BCUT2D eigenvalue weighted by Gasteiger charge is 2.24. The van der Waals surface area contributed by atoms with Crippen molar-refractivity contribution in [2.75, 3.05) is 56.4 Å². The number of amides is 2. The first-order chi connectivity index (χ1) is 15.6. The van der Waals surface area contributed by atoms with Gasteiger partial charge in [-0.05, 0) is 43.8 Å². The molecule has 172 valence electrons. The highest BCUT2D eigenvalue weighted by molar-refractivity contribution is 6.32. The first-order valence-corrected chi connectivity index (χ1v) is 11.8. The van der Waals surface area contributed by atoms with Gasteiger partial charge in [-0.25, -0.2) is 9.78 Å². The Morgan fingerprint density at radius 3 is 2.50 bits per heavy atom. The molecule has 1 aromatic carbocycles. The van der Waals surface area contributed by atoms with Crippen molar-refractivity contribution < 1.29 is 4.79 Å². The number of nitrogens with one attached hydrogen (secondary N) is 1. The molecule has 4 rings (SSSR count). The number of likely N-dealkylation sites (tertiary alicyclic amines) is 1. The Morgan fingerprint density at radius 2 is 1.81 bits per heavy atom. The average molecular weight is 458 g/mol. The van der Waals surface area contributed by atoms with Gasteiger partial charge in [0, 0.05) is 39.3 Å². The third kappa shape index (κ3) is 6.01. The van der Waals surface area contributed by atoms with Crippen molar-refractivity contribution in [1.29, 1.82) is 0 Å². The van der Waals surface area contributed by atoms with Crippen molar-refractivity contribution in [1.82, 2.24) is 25.1 Å². The van der Waals surface area contributed by atoms with Gasteiger partial charge in [-0.1, -0.05) is 41.9 Å². The molecule has 3 N–H and O–H groups in total. The van der Waals surface area contributed by atoms with E-state index in [4.69, 9.17) is 17.3 Å². The van der Waals surface area contributed by atoms with Crippen LogP contribution in [0.1, 0.15) is 24.8 Å². The van der Waals surface area contributed by atoms with Gasteiger partial charge in [0.25, 0.3) is 0 Å². The summed E-state index contributed by atoms with van der Waals surface area (Å²) in [7, 11) is 0. The quantitative estimate of drug-likeness (QED) is 0.693. The van der Waals surface area contributed by atoms with Gasteiger partial charge in [0.05, 0.1) is 6.20 Å². The van der Waals surface area contributed by atoms with E-state index in [9.17, 15) is 4.79 Å². The predicted molar refractivity (Wildman–Crippen MR) is 128 cm³/mol. The molecule has 9 heteroatoms. The zero-order valence-corrected chi connectivity index (χ0v) is 19.2. The number of carbonyl (C=O) groups excluding carboxylic acids is 1. The summed E-state index contributed by atoms with van der Waals surface area (Å²) in [5, 5.41) is 3.46. The van der Waals surface area contributed by atoms with E-state index >= 15 is 0 Å². The van der Waals surface area contributed by atoms with Gasteiger partial charge in [-0.3, -0.25) is 4.90 Å². The van der Waals surface area contributed by atoms with Gasteiger partial charge >= 0.3 is 6.03 Å². The van der Waals surface area contributed by atoms with Crippen LogP contribution in [0.15, 0.2) is 36.5 Å². The van der Waals surface area contributed by atoms with E-state index in [0.29, 0.717) is 43.1 Å². The molecule has 0 unspecified atom stereocenters. The molecule has 1 aromatic heterocycles. The van der Waals surface area contributed by atoms with Gasteiger partial charge in [0.2, 0.25) is 5.95 Å². The van der Waals surface area contributed by atoms with Crippen molar-refractivity contribution in [2.24, 2.45) is 5.92 Å². The molecular weight excluding hydrogens is 426 g/mol. The molecule has 2 aliphatic heterocycles. The number of halogens is 1. The van der Waals surface area contributed by atoms with E-state index in [1.165, 1.54) is 24.6 Å².